The number of aryl methyl sites for hydroxylation is 2. The third-order valence-corrected chi connectivity index (χ3v) is 5.43. The van der Waals surface area contributed by atoms with Crippen LogP contribution in [0, 0.1) is 13.8 Å². The standard InChI is InChI=1S/C10H13ClN2O4S2/c1-5(11)4-8(9(14)15)13-19(16,17)10-6(2)12-7(3)18-10/h8,13H,1,4H2,2-3H3,(H,14,15). The van der Waals surface area contributed by atoms with Crippen molar-refractivity contribution in [3.63, 3.8) is 0 Å². The normalized spacial score (nSPS) is 13.2. The minimum atomic E-state index is -3.93. The number of aromatic nitrogens is 1. The molecular formula is C10H13ClN2O4S2. The van der Waals surface area contributed by atoms with Crippen molar-refractivity contribution < 1.29 is 18.3 Å². The largest absolute Gasteiger partial charge is 0.480 e. The van der Waals surface area contributed by atoms with E-state index in [2.05, 4.69) is 16.3 Å². The summed E-state index contributed by atoms with van der Waals surface area (Å²) in [5, 5.41) is 9.62. The Morgan fingerprint density at radius 2 is 2.16 bits per heavy atom. The van der Waals surface area contributed by atoms with Gasteiger partial charge in [0.1, 0.15) is 6.04 Å². The van der Waals surface area contributed by atoms with Crippen molar-refractivity contribution in [1.82, 2.24) is 9.71 Å². The van der Waals surface area contributed by atoms with Crippen LogP contribution >= 0.6 is 22.9 Å². The van der Waals surface area contributed by atoms with E-state index in [-0.39, 0.29) is 15.7 Å². The van der Waals surface area contributed by atoms with Crippen molar-refractivity contribution in [2.45, 2.75) is 30.5 Å². The van der Waals surface area contributed by atoms with Crippen LogP contribution in [0.4, 0.5) is 0 Å². The van der Waals surface area contributed by atoms with E-state index in [0.717, 1.165) is 11.3 Å². The van der Waals surface area contributed by atoms with Gasteiger partial charge in [0.25, 0.3) is 10.0 Å². The first-order chi connectivity index (χ1) is 8.63. The predicted molar refractivity (Wildman–Crippen MR) is 72.9 cm³/mol. The van der Waals surface area contributed by atoms with E-state index in [0.29, 0.717) is 10.7 Å². The SMILES string of the molecule is C=C(Cl)CC(NS(=O)(=O)c1sc(C)nc1C)C(=O)O. The zero-order chi connectivity index (χ0) is 14.8. The quantitative estimate of drug-likeness (QED) is 0.829. The molecule has 1 unspecified atom stereocenters. The highest BCUT2D eigenvalue weighted by molar-refractivity contribution is 7.91. The lowest BCUT2D eigenvalue weighted by Gasteiger charge is -2.13. The molecule has 106 valence electrons. The van der Waals surface area contributed by atoms with Crippen LogP contribution in [0.5, 0.6) is 0 Å². The van der Waals surface area contributed by atoms with Gasteiger partial charge in [-0.25, -0.2) is 13.4 Å². The molecule has 0 bridgehead atoms. The summed E-state index contributed by atoms with van der Waals surface area (Å²) in [6.45, 7) is 6.58. The average Bonchev–Trinajstić information content (AvgIpc) is 2.56. The number of hydrogen-bond acceptors (Lipinski definition) is 5. The van der Waals surface area contributed by atoms with Crippen LogP contribution in [-0.2, 0) is 14.8 Å². The zero-order valence-corrected chi connectivity index (χ0v) is 12.7. The molecule has 0 saturated carbocycles. The van der Waals surface area contributed by atoms with Crippen LogP contribution in [0.25, 0.3) is 0 Å². The molecule has 1 aromatic rings. The maximum absolute atomic E-state index is 12.1. The number of sulfonamides is 1. The molecule has 0 spiro atoms. The van der Waals surface area contributed by atoms with E-state index in [4.69, 9.17) is 16.7 Å². The van der Waals surface area contributed by atoms with Crippen molar-refractivity contribution in [1.29, 1.82) is 0 Å². The highest BCUT2D eigenvalue weighted by Crippen LogP contribution is 2.23. The third-order valence-electron chi connectivity index (χ3n) is 2.13. The lowest BCUT2D eigenvalue weighted by Crippen LogP contribution is -2.40. The summed E-state index contributed by atoms with van der Waals surface area (Å²) in [6.07, 6.45) is -0.188. The Morgan fingerprint density at radius 1 is 1.58 bits per heavy atom. The van der Waals surface area contributed by atoms with Crippen LogP contribution < -0.4 is 4.72 Å². The second-order valence-electron chi connectivity index (χ2n) is 3.84. The summed E-state index contributed by atoms with van der Waals surface area (Å²) in [7, 11) is -3.93. The number of thiazole rings is 1. The Balaban J connectivity index is 3.04. The minimum Gasteiger partial charge on any atom is -0.480 e. The number of rotatable bonds is 6. The Bertz CT molecular complexity index is 609. The van der Waals surface area contributed by atoms with Gasteiger partial charge in [-0.2, -0.15) is 4.72 Å². The molecule has 9 heteroatoms. The van der Waals surface area contributed by atoms with Gasteiger partial charge in [-0.1, -0.05) is 18.2 Å². The van der Waals surface area contributed by atoms with Crippen LogP contribution in [0.3, 0.4) is 0 Å². The molecule has 0 aliphatic carbocycles. The Morgan fingerprint density at radius 3 is 2.53 bits per heavy atom. The van der Waals surface area contributed by atoms with Crippen molar-refractivity contribution in [3.8, 4) is 0 Å². The van der Waals surface area contributed by atoms with E-state index < -0.39 is 22.0 Å². The fourth-order valence-electron chi connectivity index (χ4n) is 1.40. The zero-order valence-electron chi connectivity index (χ0n) is 10.3. The number of carboxylic acid groups (broad SMARTS) is 1. The van der Waals surface area contributed by atoms with Crippen LogP contribution in [0.2, 0.25) is 0 Å². The Labute approximate surface area is 120 Å². The van der Waals surface area contributed by atoms with Gasteiger partial charge < -0.3 is 5.11 Å². The molecule has 0 saturated heterocycles. The van der Waals surface area contributed by atoms with Gasteiger partial charge in [-0.15, -0.1) is 11.3 Å². The van der Waals surface area contributed by atoms with Crippen molar-refractivity contribution in [3.05, 3.63) is 22.3 Å². The average molecular weight is 325 g/mol. The summed E-state index contributed by atoms with van der Waals surface area (Å²) in [6, 6.07) is -1.35. The summed E-state index contributed by atoms with van der Waals surface area (Å²) in [5.74, 6) is -1.32. The molecule has 0 aliphatic heterocycles. The molecule has 6 nitrogen and oxygen atoms in total. The van der Waals surface area contributed by atoms with Crippen molar-refractivity contribution >= 4 is 38.9 Å². The number of halogens is 1. The van der Waals surface area contributed by atoms with Gasteiger partial charge in [0, 0.05) is 11.5 Å². The molecule has 1 atom stereocenters. The van der Waals surface area contributed by atoms with Gasteiger partial charge in [0.05, 0.1) is 10.7 Å². The fraction of sp³-hybridized carbons (Fsp3) is 0.400. The maximum Gasteiger partial charge on any atom is 0.322 e. The number of nitrogens with zero attached hydrogens (tertiary/aromatic N) is 1. The lowest BCUT2D eigenvalue weighted by atomic mass is 10.2. The van der Waals surface area contributed by atoms with Gasteiger partial charge in [-0.3, -0.25) is 4.79 Å². The first-order valence-corrected chi connectivity index (χ1v) is 7.83. The van der Waals surface area contributed by atoms with Crippen molar-refractivity contribution in [2.24, 2.45) is 0 Å². The Hall–Kier alpha value is -0.960. The molecule has 0 aromatic carbocycles. The summed E-state index contributed by atoms with van der Waals surface area (Å²) in [5.41, 5.74) is 0.337. The maximum atomic E-state index is 12.1. The van der Waals surface area contributed by atoms with E-state index in [1.165, 1.54) is 0 Å². The van der Waals surface area contributed by atoms with Gasteiger partial charge in [0.2, 0.25) is 0 Å². The first kappa shape index (κ1) is 16.1. The molecule has 0 fully saturated rings. The molecule has 0 aliphatic rings. The predicted octanol–water partition coefficient (Wildman–Crippen LogP) is 1.63. The topological polar surface area (TPSA) is 96.4 Å². The molecule has 1 heterocycles. The highest BCUT2D eigenvalue weighted by Gasteiger charge is 2.28. The van der Waals surface area contributed by atoms with E-state index >= 15 is 0 Å². The van der Waals surface area contributed by atoms with Crippen LogP contribution in [-0.4, -0.2) is 30.5 Å². The first-order valence-electron chi connectivity index (χ1n) is 5.16. The number of aliphatic carboxylic acids is 1. The van der Waals surface area contributed by atoms with Gasteiger partial charge >= 0.3 is 5.97 Å². The summed E-state index contributed by atoms with van der Waals surface area (Å²) >= 11 is 6.51. The molecule has 1 rings (SSSR count). The fourth-order valence-corrected chi connectivity index (χ4v) is 4.25. The molecular weight excluding hydrogens is 312 g/mol. The molecule has 2 N–H and O–H groups in total. The lowest BCUT2D eigenvalue weighted by molar-refractivity contribution is -0.138. The number of carboxylic acids is 1. The summed E-state index contributed by atoms with van der Waals surface area (Å²) in [4.78, 5) is 15.0. The monoisotopic (exact) mass is 324 g/mol. The Kier molecular flexibility index (Phi) is 5.08. The highest BCUT2D eigenvalue weighted by atomic mass is 35.5. The smallest absolute Gasteiger partial charge is 0.322 e. The molecule has 0 radical (unpaired) electrons. The summed E-state index contributed by atoms with van der Waals surface area (Å²) < 4.78 is 26.3. The van der Waals surface area contributed by atoms with E-state index in [9.17, 15) is 13.2 Å². The van der Waals surface area contributed by atoms with Crippen LogP contribution in [0.1, 0.15) is 17.1 Å². The number of nitrogens with one attached hydrogen (secondary N) is 1. The molecule has 0 amide bonds. The molecule has 19 heavy (non-hydrogen) atoms. The van der Waals surface area contributed by atoms with Crippen molar-refractivity contribution in [2.75, 3.05) is 0 Å². The van der Waals surface area contributed by atoms with Gasteiger partial charge in [-0.05, 0) is 13.8 Å². The van der Waals surface area contributed by atoms with Crippen LogP contribution in [0.15, 0.2) is 15.8 Å². The molecule has 1 aromatic heterocycles. The van der Waals surface area contributed by atoms with Gasteiger partial charge in [0.15, 0.2) is 4.21 Å². The minimum absolute atomic E-state index is 0.0106. The third kappa shape index (κ3) is 4.27. The van der Waals surface area contributed by atoms with E-state index in [1.54, 1.807) is 13.8 Å². The second-order valence-corrected chi connectivity index (χ2v) is 7.49. The second kappa shape index (κ2) is 6.00. The van der Waals surface area contributed by atoms with E-state index in [1.807, 2.05) is 0 Å². The number of hydrogen-bond donors (Lipinski definition) is 2. The number of carbonyl (C=O) groups is 1.